The average molecular weight is 300 g/mol. The fourth-order valence-corrected chi connectivity index (χ4v) is 1.69. The van der Waals surface area contributed by atoms with Gasteiger partial charge in [0.15, 0.2) is 12.4 Å². The number of oxime groups is 1. The first-order chi connectivity index (χ1) is 9.56. The lowest BCUT2D eigenvalue weighted by Gasteiger charge is -2.16. The Balaban J connectivity index is 2.47. The Morgan fingerprint density at radius 3 is 2.70 bits per heavy atom. The summed E-state index contributed by atoms with van der Waals surface area (Å²) < 4.78 is 5.30. The zero-order valence-corrected chi connectivity index (χ0v) is 11.9. The second-order valence-electron chi connectivity index (χ2n) is 4.18. The molecule has 0 bridgehead atoms. The van der Waals surface area contributed by atoms with Gasteiger partial charge in [0.2, 0.25) is 0 Å². The first kappa shape index (κ1) is 16.1. The first-order valence-electron chi connectivity index (χ1n) is 6.22. The second-order valence-corrected chi connectivity index (χ2v) is 4.61. The fourth-order valence-electron chi connectivity index (χ4n) is 1.57. The minimum absolute atomic E-state index is 0.0216. The highest BCUT2D eigenvalue weighted by Crippen LogP contribution is 2.15. The van der Waals surface area contributed by atoms with Crippen molar-refractivity contribution in [1.29, 1.82) is 0 Å². The Labute approximate surface area is 122 Å². The Morgan fingerprint density at radius 1 is 1.50 bits per heavy atom. The number of ether oxygens (including phenoxy) is 1. The molecule has 0 aliphatic carbocycles. The lowest BCUT2D eigenvalue weighted by molar-refractivity contribution is -0.123. The molecule has 1 unspecified atom stereocenters. The molecule has 1 aromatic rings. The minimum Gasteiger partial charge on any atom is -0.484 e. The third kappa shape index (κ3) is 5.36. The van der Waals surface area contributed by atoms with E-state index in [-0.39, 0.29) is 18.3 Å². The molecular formula is C13H18ClN3O3. The van der Waals surface area contributed by atoms with Gasteiger partial charge in [0, 0.05) is 5.02 Å². The summed E-state index contributed by atoms with van der Waals surface area (Å²) in [7, 11) is 0. The van der Waals surface area contributed by atoms with Gasteiger partial charge in [0.25, 0.3) is 5.91 Å². The number of nitrogens with zero attached hydrogens (tertiary/aromatic N) is 1. The average Bonchev–Trinajstić information content (AvgIpc) is 2.45. The van der Waals surface area contributed by atoms with Gasteiger partial charge in [0.05, 0.1) is 6.04 Å². The second kappa shape index (κ2) is 8.27. The Morgan fingerprint density at radius 2 is 2.15 bits per heavy atom. The highest BCUT2D eigenvalue weighted by Gasteiger charge is 2.16. The molecule has 110 valence electrons. The van der Waals surface area contributed by atoms with Gasteiger partial charge < -0.3 is 21.0 Å². The molecule has 1 atom stereocenters. The number of halogens is 1. The molecule has 0 aliphatic heterocycles. The molecule has 20 heavy (non-hydrogen) atoms. The maximum atomic E-state index is 11.7. The van der Waals surface area contributed by atoms with E-state index in [0.29, 0.717) is 17.2 Å². The van der Waals surface area contributed by atoms with E-state index >= 15 is 0 Å². The van der Waals surface area contributed by atoms with Gasteiger partial charge in [-0.05, 0) is 30.7 Å². The lowest BCUT2D eigenvalue weighted by atomic mass is 10.1. The van der Waals surface area contributed by atoms with Crippen LogP contribution in [0, 0.1) is 0 Å². The van der Waals surface area contributed by atoms with E-state index in [0.717, 1.165) is 6.42 Å². The van der Waals surface area contributed by atoms with Crippen LogP contribution in [0.3, 0.4) is 0 Å². The quantitative estimate of drug-likeness (QED) is 0.309. The zero-order valence-electron chi connectivity index (χ0n) is 11.2. The van der Waals surface area contributed by atoms with Crippen molar-refractivity contribution in [3.8, 4) is 5.75 Å². The van der Waals surface area contributed by atoms with Gasteiger partial charge in [-0.25, -0.2) is 0 Å². The molecule has 0 aliphatic rings. The minimum atomic E-state index is -0.494. The van der Waals surface area contributed by atoms with Crippen molar-refractivity contribution in [2.75, 3.05) is 6.61 Å². The van der Waals surface area contributed by atoms with E-state index in [1.54, 1.807) is 24.3 Å². The number of rotatable bonds is 7. The lowest BCUT2D eigenvalue weighted by Crippen LogP contribution is -2.46. The number of amides is 1. The summed E-state index contributed by atoms with van der Waals surface area (Å²) in [4.78, 5) is 11.7. The van der Waals surface area contributed by atoms with Crippen LogP contribution < -0.4 is 15.8 Å². The third-order valence-electron chi connectivity index (χ3n) is 2.57. The number of hydrogen-bond acceptors (Lipinski definition) is 4. The van der Waals surface area contributed by atoms with Gasteiger partial charge >= 0.3 is 0 Å². The molecule has 6 nitrogen and oxygen atoms in total. The number of carbonyl (C=O) groups excluding carboxylic acids is 1. The number of benzene rings is 1. The number of nitrogens with one attached hydrogen (secondary N) is 1. The summed E-state index contributed by atoms with van der Waals surface area (Å²) in [6.45, 7) is 1.79. The van der Waals surface area contributed by atoms with Crippen LogP contribution in [-0.4, -0.2) is 29.6 Å². The van der Waals surface area contributed by atoms with E-state index in [9.17, 15) is 4.79 Å². The van der Waals surface area contributed by atoms with E-state index in [1.807, 2.05) is 6.92 Å². The van der Waals surface area contributed by atoms with Gasteiger partial charge in [0.1, 0.15) is 5.75 Å². The summed E-state index contributed by atoms with van der Waals surface area (Å²) in [6, 6.07) is 6.19. The van der Waals surface area contributed by atoms with Crippen molar-refractivity contribution in [3.63, 3.8) is 0 Å². The van der Waals surface area contributed by atoms with Crippen molar-refractivity contribution in [2.45, 2.75) is 25.8 Å². The Kier molecular flexibility index (Phi) is 6.66. The van der Waals surface area contributed by atoms with E-state index in [4.69, 9.17) is 27.3 Å². The van der Waals surface area contributed by atoms with Crippen molar-refractivity contribution in [3.05, 3.63) is 29.3 Å². The van der Waals surface area contributed by atoms with Crippen LogP contribution in [0.15, 0.2) is 29.4 Å². The molecule has 0 aromatic heterocycles. The van der Waals surface area contributed by atoms with E-state index in [1.165, 1.54) is 0 Å². The smallest absolute Gasteiger partial charge is 0.258 e. The van der Waals surface area contributed by atoms with Crippen LogP contribution in [0.4, 0.5) is 0 Å². The normalized spacial score (nSPS) is 12.8. The standard InChI is InChI=1S/C13H18ClN3O3/c1-2-3-11(13(15)17-19)16-12(18)8-20-10-6-4-9(14)5-7-10/h4-7,11,19H,2-3,8H2,1H3,(H2,15,17)(H,16,18). The van der Waals surface area contributed by atoms with Gasteiger partial charge in [-0.3, -0.25) is 4.79 Å². The monoisotopic (exact) mass is 299 g/mol. The van der Waals surface area contributed by atoms with Crippen LogP contribution in [0.1, 0.15) is 19.8 Å². The number of amidine groups is 1. The fraction of sp³-hybridized carbons (Fsp3) is 0.385. The SMILES string of the molecule is CCCC(NC(=O)COc1ccc(Cl)cc1)/C(N)=N/O. The molecule has 7 heteroatoms. The Bertz CT molecular complexity index is 462. The largest absolute Gasteiger partial charge is 0.484 e. The third-order valence-corrected chi connectivity index (χ3v) is 2.82. The topological polar surface area (TPSA) is 96.9 Å². The van der Waals surface area contributed by atoms with Crippen LogP contribution in [-0.2, 0) is 4.79 Å². The highest BCUT2D eigenvalue weighted by atomic mass is 35.5. The Hall–Kier alpha value is -1.95. The molecule has 0 saturated heterocycles. The summed E-state index contributed by atoms with van der Waals surface area (Å²) in [5, 5.41) is 14.8. The number of hydrogen-bond donors (Lipinski definition) is 3. The highest BCUT2D eigenvalue weighted by molar-refractivity contribution is 6.30. The predicted octanol–water partition coefficient (Wildman–Crippen LogP) is 1.75. The molecule has 0 heterocycles. The first-order valence-corrected chi connectivity index (χ1v) is 6.59. The van der Waals surface area contributed by atoms with Gasteiger partial charge in [-0.2, -0.15) is 0 Å². The molecule has 1 rings (SSSR count). The van der Waals surface area contributed by atoms with Crippen LogP contribution in [0.25, 0.3) is 0 Å². The number of carbonyl (C=O) groups is 1. The molecule has 1 amide bonds. The molecule has 0 spiro atoms. The van der Waals surface area contributed by atoms with Gasteiger partial charge in [-0.15, -0.1) is 0 Å². The van der Waals surface area contributed by atoms with E-state index < -0.39 is 6.04 Å². The van der Waals surface area contributed by atoms with Crippen LogP contribution >= 0.6 is 11.6 Å². The van der Waals surface area contributed by atoms with Crippen molar-refractivity contribution >= 4 is 23.3 Å². The molecule has 0 saturated carbocycles. The molecule has 0 fully saturated rings. The predicted molar refractivity (Wildman–Crippen MR) is 77.2 cm³/mol. The van der Waals surface area contributed by atoms with Crippen molar-refractivity contribution < 1.29 is 14.7 Å². The number of nitrogens with two attached hydrogens (primary N) is 1. The summed E-state index contributed by atoms with van der Waals surface area (Å²) in [5.74, 6) is 0.178. The molecule has 1 aromatic carbocycles. The summed E-state index contributed by atoms with van der Waals surface area (Å²) in [5.41, 5.74) is 5.51. The maximum absolute atomic E-state index is 11.7. The molecular weight excluding hydrogens is 282 g/mol. The summed E-state index contributed by atoms with van der Waals surface area (Å²) >= 11 is 5.74. The van der Waals surface area contributed by atoms with Gasteiger partial charge in [-0.1, -0.05) is 30.1 Å². The van der Waals surface area contributed by atoms with Crippen molar-refractivity contribution in [1.82, 2.24) is 5.32 Å². The zero-order chi connectivity index (χ0) is 15.0. The van der Waals surface area contributed by atoms with Crippen LogP contribution in [0.5, 0.6) is 5.75 Å². The maximum Gasteiger partial charge on any atom is 0.258 e. The summed E-state index contributed by atoms with van der Waals surface area (Å²) in [6.07, 6.45) is 1.38. The van der Waals surface area contributed by atoms with Crippen LogP contribution in [0.2, 0.25) is 5.02 Å². The molecule has 4 N–H and O–H groups in total. The van der Waals surface area contributed by atoms with Crippen molar-refractivity contribution in [2.24, 2.45) is 10.9 Å². The van der Waals surface area contributed by atoms with E-state index in [2.05, 4.69) is 10.5 Å². The molecule has 0 radical (unpaired) electrons.